The molecule has 2 rings (SSSR count). The first kappa shape index (κ1) is 8.55. The third-order valence-corrected chi connectivity index (χ3v) is 1.79. The largest absolute Gasteiger partial charge is 0.418 e. The van der Waals surface area contributed by atoms with Crippen molar-refractivity contribution in [1.29, 1.82) is 0 Å². The maximum atomic E-state index is 12.0. The Morgan fingerprint density at radius 2 is 2.23 bits per heavy atom. The number of hydrogen-bond acceptors (Lipinski definition) is 4. The van der Waals surface area contributed by atoms with Crippen molar-refractivity contribution in [2.45, 2.75) is 31.9 Å². The quantitative estimate of drug-likeness (QED) is 0.774. The van der Waals surface area contributed by atoms with E-state index in [1.807, 2.05) is 0 Å². The highest BCUT2D eigenvalue weighted by molar-refractivity contribution is 4.86. The fourth-order valence-electron chi connectivity index (χ4n) is 0.945. The molecule has 1 fully saturated rings. The van der Waals surface area contributed by atoms with E-state index in [1.165, 1.54) is 0 Å². The molecule has 1 aromatic heterocycles. The molecule has 0 aliphatic heterocycles. The molecule has 0 unspecified atom stereocenters. The van der Waals surface area contributed by atoms with Gasteiger partial charge in [-0.1, -0.05) is 0 Å². The van der Waals surface area contributed by atoms with Gasteiger partial charge in [0.2, 0.25) is 5.89 Å². The van der Waals surface area contributed by atoms with Gasteiger partial charge in [0, 0.05) is 6.04 Å². The minimum Gasteiger partial charge on any atom is -0.418 e. The van der Waals surface area contributed by atoms with Crippen LogP contribution in [0, 0.1) is 0 Å². The summed E-state index contributed by atoms with van der Waals surface area (Å²) in [5, 5.41) is 9.77. The summed E-state index contributed by atoms with van der Waals surface area (Å²) in [5.41, 5.74) is 0. The molecule has 6 heteroatoms. The minimum absolute atomic E-state index is 0.224. The van der Waals surface area contributed by atoms with Crippen LogP contribution in [-0.2, 0) is 6.54 Å². The lowest BCUT2D eigenvalue weighted by molar-refractivity contribution is 0.113. The summed E-state index contributed by atoms with van der Waals surface area (Å²) in [7, 11) is 0. The highest BCUT2D eigenvalue weighted by Crippen LogP contribution is 2.20. The van der Waals surface area contributed by atoms with Crippen LogP contribution in [0.15, 0.2) is 4.42 Å². The molecule has 0 amide bonds. The number of alkyl halides is 2. The Morgan fingerprint density at radius 1 is 1.46 bits per heavy atom. The van der Waals surface area contributed by atoms with Gasteiger partial charge in [0.1, 0.15) is 0 Å². The summed E-state index contributed by atoms with van der Waals surface area (Å²) in [6, 6.07) is 0.502. The van der Waals surface area contributed by atoms with E-state index in [0.717, 1.165) is 12.8 Å². The molecule has 1 aliphatic rings. The fourth-order valence-corrected chi connectivity index (χ4v) is 0.945. The molecular weight excluding hydrogens is 180 g/mol. The SMILES string of the molecule is FC(F)c1nnc(CNC2CC2)o1. The van der Waals surface area contributed by atoms with Crippen LogP contribution in [0.25, 0.3) is 0 Å². The second-order valence-electron chi connectivity index (χ2n) is 2.99. The van der Waals surface area contributed by atoms with Crippen molar-refractivity contribution in [3.8, 4) is 0 Å². The van der Waals surface area contributed by atoms with Crippen LogP contribution >= 0.6 is 0 Å². The molecule has 0 spiro atoms. The van der Waals surface area contributed by atoms with Crippen molar-refractivity contribution in [3.05, 3.63) is 11.8 Å². The van der Waals surface area contributed by atoms with Gasteiger partial charge in [-0.15, -0.1) is 10.2 Å². The summed E-state index contributed by atoms with van der Waals surface area (Å²) in [4.78, 5) is 0. The normalized spacial score (nSPS) is 16.8. The van der Waals surface area contributed by atoms with Gasteiger partial charge >= 0.3 is 6.43 Å². The van der Waals surface area contributed by atoms with Crippen LogP contribution < -0.4 is 5.32 Å². The molecule has 1 heterocycles. The average Bonchev–Trinajstić information content (AvgIpc) is 2.79. The maximum Gasteiger partial charge on any atom is 0.314 e. The Bertz CT molecular complexity index is 285. The maximum absolute atomic E-state index is 12.0. The lowest BCUT2D eigenvalue weighted by atomic mass is 10.6. The molecular formula is C7H9F2N3O. The van der Waals surface area contributed by atoms with Crippen molar-refractivity contribution >= 4 is 0 Å². The molecule has 72 valence electrons. The van der Waals surface area contributed by atoms with Gasteiger partial charge in [0.05, 0.1) is 6.54 Å². The molecule has 1 aromatic rings. The van der Waals surface area contributed by atoms with Gasteiger partial charge in [-0.2, -0.15) is 8.78 Å². The third kappa shape index (κ3) is 2.21. The van der Waals surface area contributed by atoms with Crippen molar-refractivity contribution < 1.29 is 13.2 Å². The van der Waals surface area contributed by atoms with E-state index in [0.29, 0.717) is 12.6 Å². The van der Waals surface area contributed by atoms with Crippen LogP contribution in [-0.4, -0.2) is 16.2 Å². The minimum atomic E-state index is -2.68. The molecule has 0 aromatic carbocycles. The summed E-state index contributed by atoms with van der Waals surface area (Å²) >= 11 is 0. The predicted molar refractivity (Wildman–Crippen MR) is 39.1 cm³/mol. The first-order valence-corrected chi connectivity index (χ1v) is 4.09. The van der Waals surface area contributed by atoms with Gasteiger partial charge in [-0.05, 0) is 12.8 Å². The zero-order valence-corrected chi connectivity index (χ0v) is 6.83. The van der Waals surface area contributed by atoms with Crippen LogP contribution in [0.2, 0.25) is 0 Å². The van der Waals surface area contributed by atoms with Crippen molar-refractivity contribution in [2.75, 3.05) is 0 Å². The van der Waals surface area contributed by atoms with Crippen LogP contribution in [0.5, 0.6) is 0 Å². The molecule has 13 heavy (non-hydrogen) atoms. The molecule has 0 atom stereocenters. The van der Waals surface area contributed by atoms with E-state index in [4.69, 9.17) is 0 Å². The Labute approximate surface area is 73.3 Å². The van der Waals surface area contributed by atoms with Crippen molar-refractivity contribution in [2.24, 2.45) is 0 Å². The van der Waals surface area contributed by atoms with E-state index < -0.39 is 12.3 Å². The summed E-state index contributed by atoms with van der Waals surface area (Å²) in [6.07, 6.45) is -0.409. The van der Waals surface area contributed by atoms with Crippen molar-refractivity contribution in [3.63, 3.8) is 0 Å². The lowest BCUT2D eigenvalue weighted by Gasteiger charge is -1.95. The summed E-state index contributed by atoms with van der Waals surface area (Å²) < 4.78 is 28.6. The highest BCUT2D eigenvalue weighted by atomic mass is 19.3. The Morgan fingerprint density at radius 3 is 2.77 bits per heavy atom. The molecule has 1 saturated carbocycles. The highest BCUT2D eigenvalue weighted by Gasteiger charge is 2.22. The van der Waals surface area contributed by atoms with Crippen LogP contribution in [0.3, 0.4) is 0 Å². The van der Waals surface area contributed by atoms with E-state index >= 15 is 0 Å². The van der Waals surface area contributed by atoms with Crippen molar-refractivity contribution in [1.82, 2.24) is 15.5 Å². The van der Waals surface area contributed by atoms with Gasteiger partial charge in [0.25, 0.3) is 5.89 Å². The van der Waals surface area contributed by atoms with E-state index in [1.54, 1.807) is 0 Å². The standard InChI is InChI=1S/C7H9F2N3O/c8-6(9)7-12-11-5(13-7)3-10-4-1-2-4/h4,6,10H,1-3H2. The van der Waals surface area contributed by atoms with Gasteiger partial charge in [-0.25, -0.2) is 0 Å². The Balaban J connectivity index is 1.88. The molecule has 0 saturated heterocycles. The number of hydrogen-bond donors (Lipinski definition) is 1. The predicted octanol–water partition coefficient (Wildman–Crippen LogP) is 1.26. The van der Waals surface area contributed by atoms with Gasteiger partial charge < -0.3 is 9.73 Å². The van der Waals surface area contributed by atoms with Gasteiger partial charge in [-0.3, -0.25) is 0 Å². The Hall–Kier alpha value is -1.04. The molecule has 0 radical (unpaired) electrons. The van der Waals surface area contributed by atoms with Crippen LogP contribution in [0.1, 0.15) is 31.0 Å². The van der Waals surface area contributed by atoms with E-state index in [-0.39, 0.29) is 5.89 Å². The first-order chi connectivity index (χ1) is 6.25. The number of halogens is 2. The smallest absolute Gasteiger partial charge is 0.314 e. The first-order valence-electron chi connectivity index (χ1n) is 4.09. The molecule has 0 bridgehead atoms. The fraction of sp³-hybridized carbons (Fsp3) is 0.714. The van der Waals surface area contributed by atoms with E-state index in [9.17, 15) is 8.78 Å². The average molecular weight is 189 g/mol. The molecule has 4 nitrogen and oxygen atoms in total. The monoisotopic (exact) mass is 189 g/mol. The molecule has 1 N–H and O–H groups in total. The second-order valence-corrected chi connectivity index (χ2v) is 2.99. The lowest BCUT2D eigenvalue weighted by Crippen LogP contribution is -2.15. The second kappa shape index (κ2) is 3.37. The van der Waals surface area contributed by atoms with Gasteiger partial charge in [0.15, 0.2) is 0 Å². The summed E-state index contributed by atoms with van der Waals surface area (Å²) in [5.74, 6) is -0.380. The number of nitrogens with zero attached hydrogens (tertiary/aromatic N) is 2. The third-order valence-electron chi connectivity index (χ3n) is 1.79. The van der Waals surface area contributed by atoms with Crippen LogP contribution in [0.4, 0.5) is 8.78 Å². The van der Waals surface area contributed by atoms with E-state index in [2.05, 4.69) is 19.9 Å². The number of rotatable bonds is 4. The number of nitrogens with one attached hydrogen (secondary N) is 1. The topological polar surface area (TPSA) is 51.0 Å². The zero-order chi connectivity index (χ0) is 9.26. The molecule has 1 aliphatic carbocycles. The number of aromatic nitrogens is 2. The summed E-state index contributed by atoms with van der Waals surface area (Å²) in [6.45, 7) is 0.379. The zero-order valence-electron chi connectivity index (χ0n) is 6.83. The Kier molecular flexibility index (Phi) is 2.22.